The van der Waals surface area contributed by atoms with Gasteiger partial charge >= 0.3 is 0 Å². The van der Waals surface area contributed by atoms with Crippen molar-refractivity contribution in [1.29, 1.82) is 0 Å². The first-order valence-corrected chi connectivity index (χ1v) is 13.5. The lowest BCUT2D eigenvalue weighted by Crippen LogP contribution is -2.47. The summed E-state index contributed by atoms with van der Waals surface area (Å²) in [5.41, 5.74) is 4.62. The molecule has 36 heavy (non-hydrogen) atoms. The van der Waals surface area contributed by atoms with Crippen molar-refractivity contribution in [1.82, 2.24) is 5.43 Å². The molecule has 1 atom stereocenters. The van der Waals surface area contributed by atoms with E-state index >= 15 is 0 Å². The molecule has 7 nitrogen and oxygen atoms in total. The Morgan fingerprint density at radius 3 is 2.03 bits per heavy atom. The van der Waals surface area contributed by atoms with E-state index in [1.165, 1.54) is 12.5 Å². The second kappa shape index (κ2) is 11.4. The number of rotatable bonds is 10. The van der Waals surface area contributed by atoms with Crippen molar-refractivity contribution in [3.8, 4) is 11.5 Å². The number of benzene rings is 3. The first-order valence-electron chi connectivity index (χ1n) is 11.7. The molecule has 3 aromatic carbocycles. The Bertz CT molecular complexity index is 1290. The third-order valence-electron chi connectivity index (χ3n) is 5.77. The van der Waals surface area contributed by atoms with E-state index in [0.717, 1.165) is 16.3 Å². The number of hydrazone groups is 1. The van der Waals surface area contributed by atoms with Crippen LogP contribution in [0.3, 0.4) is 0 Å². The van der Waals surface area contributed by atoms with E-state index in [1.807, 2.05) is 55.5 Å². The Morgan fingerprint density at radius 2 is 1.47 bits per heavy atom. The van der Waals surface area contributed by atoms with Crippen molar-refractivity contribution in [2.75, 3.05) is 10.6 Å². The van der Waals surface area contributed by atoms with E-state index in [2.05, 4.69) is 36.5 Å². The molecule has 8 heteroatoms. The molecule has 0 aromatic heterocycles. The number of nitrogens with zero attached hydrogens (tertiary/aromatic N) is 2. The number of nitrogens with one attached hydrogen (secondary N) is 1. The minimum atomic E-state index is -3.75. The number of amides is 1. The molecular formula is C28H33N3O4S. The van der Waals surface area contributed by atoms with Crippen LogP contribution in [-0.2, 0) is 20.2 Å². The van der Waals surface area contributed by atoms with Gasteiger partial charge in [0.25, 0.3) is 5.91 Å². The average Bonchev–Trinajstić information content (AvgIpc) is 2.84. The van der Waals surface area contributed by atoms with Crippen LogP contribution in [0.4, 0.5) is 5.69 Å². The highest BCUT2D eigenvalue weighted by Gasteiger charge is 2.29. The fraction of sp³-hybridized carbons (Fsp3) is 0.286. The van der Waals surface area contributed by atoms with E-state index in [1.54, 1.807) is 24.3 Å². The molecule has 0 saturated carbocycles. The Hall–Kier alpha value is -3.65. The number of carbonyl (C=O) groups excluding carboxylic acids is 1. The average molecular weight is 508 g/mol. The Labute approximate surface area is 213 Å². The van der Waals surface area contributed by atoms with Crippen molar-refractivity contribution in [2.24, 2.45) is 5.10 Å². The molecule has 0 spiro atoms. The summed E-state index contributed by atoms with van der Waals surface area (Å²) in [6.07, 6.45) is 1.70. The van der Waals surface area contributed by atoms with Gasteiger partial charge in [-0.15, -0.1) is 0 Å². The Morgan fingerprint density at radius 1 is 0.944 bits per heavy atom. The standard InChI is InChI=1S/C28H33N3O4S/c1-21(20-28(3,4)23-12-8-6-9-13-23)29-30-27(32)22(2)31(36(5,33)34)24-16-18-26(19-17-24)35-25-14-10-7-11-15-25/h6-19,22H,20H2,1-5H3,(H,30,32)/b29-21-/t22-/m1/s1. The van der Waals surface area contributed by atoms with Gasteiger partial charge in [-0.1, -0.05) is 62.4 Å². The molecule has 0 radical (unpaired) electrons. The van der Waals surface area contributed by atoms with Crippen molar-refractivity contribution < 1.29 is 17.9 Å². The van der Waals surface area contributed by atoms with Gasteiger partial charge in [-0.2, -0.15) is 5.10 Å². The molecule has 0 aliphatic rings. The second-order valence-corrected chi connectivity index (χ2v) is 11.3. The van der Waals surface area contributed by atoms with Crippen molar-refractivity contribution in [2.45, 2.75) is 45.6 Å². The van der Waals surface area contributed by atoms with E-state index in [0.29, 0.717) is 23.6 Å². The first kappa shape index (κ1) is 26.9. The fourth-order valence-corrected chi connectivity index (χ4v) is 5.18. The summed E-state index contributed by atoms with van der Waals surface area (Å²) in [6.45, 7) is 7.60. The van der Waals surface area contributed by atoms with Gasteiger partial charge in [0.2, 0.25) is 10.0 Å². The molecule has 0 saturated heterocycles. The third-order valence-corrected chi connectivity index (χ3v) is 7.01. The molecule has 1 amide bonds. The van der Waals surface area contributed by atoms with E-state index in [9.17, 15) is 13.2 Å². The first-order chi connectivity index (χ1) is 17.0. The number of ether oxygens (including phenoxy) is 1. The maximum atomic E-state index is 12.9. The smallest absolute Gasteiger partial charge is 0.263 e. The van der Waals surface area contributed by atoms with Gasteiger partial charge in [0, 0.05) is 5.71 Å². The summed E-state index contributed by atoms with van der Waals surface area (Å²) in [4.78, 5) is 12.9. The molecule has 0 aliphatic carbocycles. The maximum Gasteiger partial charge on any atom is 0.263 e. The molecule has 0 fully saturated rings. The van der Waals surface area contributed by atoms with Gasteiger partial charge in [-0.25, -0.2) is 13.8 Å². The van der Waals surface area contributed by atoms with E-state index in [-0.39, 0.29) is 5.41 Å². The molecular weight excluding hydrogens is 474 g/mol. The number of carbonyl (C=O) groups is 1. The third kappa shape index (κ3) is 7.18. The predicted octanol–water partition coefficient (Wildman–Crippen LogP) is 5.49. The monoisotopic (exact) mass is 507 g/mol. The SMILES string of the molecule is C/C(CC(C)(C)c1ccccc1)=N/NC(=O)[C@@H](C)N(c1ccc(Oc2ccccc2)cc1)S(C)(=O)=O. The van der Waals surface area contributed by atoms with E-state index in [4.69, 9.17) is 4.74 Å². The fourth-order valence-electron chi connectivity index (χ4n) is 4.01. The second-order valence-electron chi connectivity index (χ2n) is 9.39. The molecule has 0 bridgehead atoms. The minimum Gasteiger partial charge on any atom is -0.457 e. The number of anilines is 1. The normalized spacial score (nSPS) is 13.1. The molecule has 0 aliphatic heterocycles. The summed E-state index contributed by atoms with van der Waals surface area (Å²) in [7, 11) is -3.75. The zero-order chi connectivity index (χ0) is 26.3. The van der Waals surface area contributed by atoms with Crippen LogP contribution in [0.2, 0.25) is 0 Å². The highest BCUT2D eigenvalue weighted by Crippen LogP contribution is 2.28. The van der Waals surface area contributed by atoms with Gasteiger partial charge in [-0.3, -0.25) is 9.10 Å². The van der Waals surface area contributed by atoms with Crippen molar-refractivity contribution in [3.63, 3.8) is 0 Å². The predicted molar refractivity (Wildman–Crippen MR) is 145 cm³/mol. The van der Waals surface area contributed by atoms with Crippen LogP contribution < -0.4 is 14.5 Å². The van der Waals surface area contributed by atoms with Crippen LogP contribution in [0.25, 0.3) is 0 Å². The summed E-state index contributed by atoms with van der Waals surface area (Å²) in [6, 6.07) is 24.9. The number of sulfonamides is 1. The number of hydrogen-bond acceptors (Lipinski definition) is 5. The van der Waals surface area contributed by atoms with Gasteiger partial charge < -0.3 is 4.74 Å². The largest absolute Gasteiger partial charge is 0.457 e. The summed E-state index contributed by atoms with van der Waals surface area (Å²) < 4.78 is 32.1. The topological polar surface area (TPSA) is 88.1 Å². The highest BCUT2D eigenvalue weighted by molar-refractivity contribution is 7.92. The van der Waals surface area contributed by atoms with Gasteiger partial charge in [-0.05, 0) is 67.6 Å². The lowest BCUT2D eigenvalue weighted by atomic mass is 9.80. The quantitative estimate of drug-likeness (QED) is 0.290. The van der Waals surface area contributed by atoms with Crippen LogP contribution in [0.5, 0.6) is 11.5 Å². The van der Waals surface area contributed by atoms with Crippen LogP contribution >= 0.6 is 0 Å². The number of hydrogen-bond donors (Lipinski definition) is 1. The maximum absolute atomic E-state index is 12.9. The molecule has 0 heterocycles. The van der Waals surface area contributed by atoms with Crippen LogP contribution in [0.1, 0.15) is 39.7 Å². The van der Waals surface area contributed by atoms with Crippen molar-refractivity contribution in [3.05, 3.63) is 90.5 Å². The highest BCUT2D eigenvalue weighted by atomic mass is 32.2. The van der Waals surface area contributed by atoms with Crippen LogP contribution in [-0.4, -0.2) is 32.3 Å². The van der Waals surface area contributed by atoms with Crippen LogP contribution in [0, 0.1) is 0 Å². The van der Waals surface area contributed by atoms with Crippen molar-refractivity contribution >= 4 is 27.3 Å². The van der Waals surface area contributed by atoms with Crippen LogP contribution in [0.15, 0.2) is 90.0 Å². The Balaban J connectivity index is 1.71. The molecule has 0 unspecified atom stereocenters. The molecule has 1 N–H and O–H groups in total. The lowest BCUT2D eigenvalue weighted by Gasteiger charge is -2.28. The molecule has 3 rings (SSSR count). The van der Waals surface area contributed by atoms with E-state index < -0.39 is 22.0 Å². The van der Waals surface area contributed by atoms with Gasteiger partial charge in [0.15, 0.2) is 0 Å². The molecule has 3 aromatic rings. The van der Waals surface area contributed by atoms with Gasteiger partial charge in [0.1, 0.15) is 17.5 Å². The zero-order valence-electron chi connectivity index (χ0n) is 21.3. The minimum absolute atomic E-state index is 0.173. The summed E-state index contributed by atoms with van der Waals surface area (Å²) in [5.74, 6) is 0.695. The summed E-state index contributed by atoms with van der Waals surface area (Å²) >= 11 is 0. The molecule has 190 valence electrons. The number of para-hydroxylation sites is 1. The van der Waals surface area contributed by atoms with Gasteiger partial charge in [0.05, 0.1) is 11.9 Å². The summed E-state index contributed by atoms with van der Waals surface area (Å²) in [5, 5.41) is 4.25. The zero-order valence-corrected chi connectivity index (χ0v) is 22.1. The lowest BCUT2D eigenvalue weighted by molar-refractivity contribution is -0.121. The Kier molecular flexibility index (Phi) is 8.53.